The number of hydrogen-bond acceptors (Lipinski definition) is 5. The summed E-state index contributed by atoms with van der Waals surface area (Å²) in [5.74, 6) is 0.731. The average molecular weight is 366 g/mol. The molecule has 0 atom stereocenters. The molecule has 1 aliphatic heterocycles. The molecule has 2 aromatic rings. The number of likely N-dealkylation sites (N-methyl/N-ethyl adjacent to an activating group) is 1. The second kappa shape index (κ2) is 8.77. The highest BCUT2D eigenvalue weighted by Gasteiger charge is 2.15. The molecule has 3 rings (SSSR count). The van der Waals surface area contributed by atoms with Gasteiger partial charge in [-0.05, 0) is 26.1 Å². The summed E-state index contributed by atoms with van der Waals surface area (Å²) in [5.41, 5.74) is 2.41. The van der Waals surface area contributed by atoms with E-state index in [1.807, 2.05) is 31.2 Å². The average Bonchev–Trinajstić information content (AvgIpc) is 2.68. The van der Waals surface area contributed by atoms with E-state index in [-0.39, 0.29) is 24.5 Å². The van der Waals surface area contributed by atoms with Gasteiger partial charge in [-0.2, -0.15) is 0 Å². The highest BCUT2D eigenvalue weighted by Crippen LogP contribution is 2.16. The predicted octanol–water partition coefficient (Wildman–Crippen LogP) is 2.74. The van der Waals surface area contributed by atoms with Crippen molar-refractivity contribution in [1.29, 1.82) is 0 Å². The van der Waals surface area contributed by atoms with Gasteiger partial charge in [0.05, 0.1) is 11.9 Å². The van der Waals surface area contributed by atoms with E-state index >= 15 is 0 Å². The molecule has 1 saturated heterocycles. The van der Waals surface area contributed by atoms with Crippen molar-refractivity contribution in [2.45, 2.75) is 19.8 Å². The fraction of sp³-hybridized carbons (Fsp3) is 0.381. The lowest BCUT2D eigenvalue weighted by Crippen LogP contribution is -2.44. The number of carbonyl (C=O) groups excluding carboxylic acids is 2. The molecule has 142 valence electrons. The third-order valence-corrected chi connectivity index (χ3v) is 4.81. The molecule has 1 aromatic carbocycles. The first-order valence-electron chi connectivity index (χ1n) is 9.30. The van der Waals surface area contributed by atoms with Crippen LogP contribution < -0.4 is 10.2 Å². The van der Waals surface area contributed by atoms with Crippen LogP contribution in [0.25, 0.3) is 0 Å². The second-order valence-corrected chi connectivity index (χ2v) is 7.03. The van der Waals surface area contributed by atoms with E-state index in [9.17, 15) is 9.59 Å². The third-order valence-electron chi connectivity index (χ3n) is 4.81. The van der Waals surface area contributed by atoms with E-state index in [1.165, 1.54) is 0 Å². The van der Waals surface area contributed by atoms with Crippen LogP contribution in [0.4, 0.5) is 11.5 Å². The molecule has 1 aromatic heterocycles. The molecule has 0 spiro atoms. The molecule has 2 heterocycles. The number of benzene rings is 1. The fourth-order valence-corrected chi connectivity index (χ4v) is 3.02. The van der Waals surface area contributed by atoms with Crippen LogP contribution in [0.1, 0.15) is 28.8 Å². The Kier molecular flexibility index (Phi) is 6.19. The topological polar surface area (TPSA) is 65.5 Å². The van der Waals surface area contributed by atoms with Crippen LogP contribution in [-0.2, 0) is 4.79 Å². The molecule has 1 amide bonds. The van der Waals surface area contributed by atoms with Crippen molar-refractivity contribution in [2.24, 2.45) is 0 Å². The number of pyridine rings is 1. The third kappa shape index (κ3) is 5.37. The summed E-state index contributed by atoms with van der Waals surface area (Å²) in [6.45, 7) is 5.93. The lowest BCUT2D eigenvalue weighted by molar-refractivity contribution is -0.116. The van der Waals surface area contributed by atoms with E-state index in [0.717, 1.165) is 37.6 Å². The van der Waals surface area contributed by atoms with E-state index < -0.39 is 0 Å². The van der Waals surface area contributed by atoms with Crippen LogP contribution in [0.2, 0.25) is 0 Å². The summed E-state index contributed by atoms with van der Waals surface area (Å²) in [6.07, 6.45) is 2.03. The number of rotatable bonds is 6. The number of carbonyl (C=O) groups is 2. The Labute approximate surface area is 160 Å². The minimum atomic E-state index is -0.176. The zero-order chi connectivity index (χ0) is 19.2. The number of piperazine rings is 1. The van der Waals surface area contributed by atoms with E-state index in [1.54, 1.807) is 18.3 Å². The first-order chi connectivity index (χ1) is 13.0. The molecule has 0 bridgehead atoms. The van der Waals surface area contributed by atoms with Crippen molar-refractivity contribution < 1.29 is 9.59 Å². The molecule has 0 radical (unpaired) electrons. The van der Waals surface area contributed by atoms with Crippen LogP contribution in [0.5, 0.6) is 0 Å². The van der Waals surface area contributed by atoms with Crippen molar-refractivity contribution >= 4 is 23.2 Å². The van der Waals surface area contributed by atoms with Gasteiger partial charge in [-0.3, -0.25) is 9.59 Å². The molecule has 1 N–H and O–H groups in total. The van der Waals surface area contributed by atoms with Gasteiger partial charge in [-0.1, -0.05) is 29.8 Å². The monoisotopic (exact) mass is 366 g/mol. The Balaban J connectivity index is 1.47. The van der Waals surface area contributed by atoms with Crippen molar-refractivity contribution in [3.05, 3.63) is 53.7 Å². The second-order valence-electron chi connectivity index (χ2n) is 7.03. The lowest BCUT2D eigenvalue weighted by Gasteiger charge is -2.33. The molecular formula is C21H26N4O2. The molecule has 0 unspecified atom stereocenters. The van der Waals surface area contributed by atoms with Gasteiger partial charge in [0, 0.05) is 44.6 Å². The summed E-state index contributed by atoms with van der Waals surface area (Å²) in [7, 11) is 2.12. The number of anilines is 2. The Morgan fingerprint density at radius 2 is 1.70 bits per heavy atom. The van der Waals surface area contributed by atoms with Gasteiger partial charge >= 0.3 is 0 Å². The fourth-order valence-electron chi connectivity index (χ4n) is 3.02. The number of amides is 1. The van der Waals surface area contributed by atoms with Gasteiger partial charge in [-0.25, -0.2) is 4.98 Å². The van der Waals surface area contributed by atoms with Crippen LogP contribution >= 0.6 is 0 Å². The Hall–Kier alpha value is -2.73. The molecular weight excluding hydrogens is 340 g/mol. The van der Waals surface area contributed by atoms with Crippen LogP contribution in [0.3, 0.4) is 0 Å². The Bertz CT molecular complexity index is 779. The van der Waals surface area contributed by atoms with E-state index in [0.29, 0.717) is 11.3 Å². The number of Topliss-reactive ketones (excluding diaryl/α,β-unsaturated/α-hetero) is 1. The van der Waals surface area contributed by atoms with Crippen LogP contribution in [-0.4, -0.2) is 54.8 Å². The summed E-state index contributed by atoms with van der Waals surface area (Å²) in [5, 5.41) is 2.81. The summed E-state index contributed by atoms with van der Waals surface area (Å²) < 4.78 is 0. The lowest BCUT2D eigenvalue weighted by atomic mass is 10.0. The van der Waals surface area contributed by atoms with Crippen molar-refractivity contribution in [3.8, 4) is 0 Å². The van der Waals surface area contributed by atoms with Gasteiger partial charge in [-0.15, -0.1) is 0 Å². The number of ketones is 1. The zero-order valence-electron chi connectivity index (χ0n) is 15.9. The number of aryl methyl sites for hydroxylation is 1. The summed E-state index contributed by atoms with van der Waals surface area (Å²) in [6, 6.07) is 11.2. The van der Waals surface area contributed by atoms with Gasteiger partial charge in [0.25, 0.3) is 0 Å². The highest BCUT2D eigenvalue weighted by atomic mass is 16.2. The molecule has 6 nitrogen and oxygen atoms in total. The number of aromatic nitrogens is 1. The number of hydrogen-bond donors (Lipinski definition) is 1. The maximum atomic E-state index is 12.2. The molecule has 6 heteroatoms. The van der Waals surface area contributed by atoms with Crippen LogP contribution in [0.15, 0.2) is 42.6 Å². The molecule has 1 aliphatic rings. The summed E-state index contributed by atoms with van der Waals surface area (Å²) in [4.78, 5) is 33.3. The van der Waals surface area contributed by atoms with Gasteiger partial charge in [0.15, 0.2) is 5.78 Å². The SMILES string of the molecule is Cc1ccc(C(=O)CCC(=O)Nc2ccc(N3CCN(C)CC3)nc2)cc1. The molecule has 0 aliphatic carbocycles. The number of nitrogens with one attached hydrogen (secondary N) is 1. The van der Waals surface area contributed by atoms with Crippen molar-refractivity contribution in [2.75, 3.05) is 43.4 Å². The number of nitrogens with zero attached hydrogens (tertiary/aromatic N) is 3. The van der Waals surface area contributed by atoms with E-state index in [4.69, 9.17) is 0 Å². The van der Waals surface area contributed by atoms with E-state index in [2.05, 4.69) is 27.1 Å². The standard InChI is InChI=1S/C21H26N4O2/c1-16-3-5-17(6-4-16)19(26)8-10-21(27)23-18-7-9-20(22-15-18)25-13-11-24(2)12-14-25/h3-7,9,15H,8,10-14H2,1-2H3,(H,23,27). The van der Waals surface area contributed by atoms with Crippen molar-refractivity contribution in [3.63, 3.8) is 0 Å². The minimum Gasteiger partial charge on any atom is -0.354 e. The smallest absolute Gasteiger partial charge is 0.224 e. The summed E-state index contributed by atoms with van der Waals surface area (Å²) >= 11 is 0. The van der Waals surface area contributed by atoms with Gasteiger partial charge < -0.3 is 15.1 Å². The maximum absolute atomic E-state index is 12.2. The highest BCUT2D eigenvalue weighted by molar-refractivity contribution is 6.00. The largest absolute Gasteiger partial charge is 0.354 e. The molecule has 0 saturated carbocycles. The van der Waals surface area contributed by atoms with Crippen molar-refractivity contribution in [1.82, 2.24) is 9.88 Å². The quantitative estimate of drug-likeness (QED) is 0.797. The van der Waals surface area contributed by atoms with Gasteiger partial charge in [0.1, 0.15) is 5.82 Å². The predicted molar refractivity (Wildman–Crippen MR) is 107 cm³/mol. The molecule has 1 fully saturated rings. The Morgan fingerprint density at radius 1 is 1.00 bits per heavy atom. The molecule has 27 heavy (non-hydrogen) atoms. The normalized spacial score (nSPS) is 14.8. The first kappa shape index (κ1) is 19.0. The van der Waals surface area contributed by atoms with Gasteiger partial charge in [0.2, 0.25) is 5.91 Å². The van der Waals surface area contributed by atoms with Crippen LogP contribution in [0, 0.1) is 6.92 Å². The maximum Gasteiger partial charge on any atom is 0.224 e. The first-order valence-corrected chi connectivity index (χ1v) is 9.30. The Morgan fingerprint density at radius 3 is 2.33 bits per heavy atom. The minimum absolute atomic E-state index is 0.0197. The zero-order valence-corrected chi connectivity index (χ0v) is 15.9.